The monoisotopic (exact) mass is 467 g/mol. The van der Waals surface area contributed by atoms with Crippen LogP contribution in [0.15, 0.2) is 17.1 Å². The molecule has 3 atom stereocenters. The van der Waals surface area contributed by atoms with Crippen molar-refractivity contribution in [3.63, 3.8) is 0 Å². The number of hydrogen-bond acceptors (Lipinski definition) is 6. The van der Waals surface area contributed by atoms with Crippen LogP contribution in [0.5, 0.6) is 0 Å². The Morgan fingerprint density at radius 2 is 2.03 bits per heavy atom. The molecule has 1 aromatic carbocycles. The van der Waals surface area contributed by atoms with Crippen molar-refractivity contribution < 1.29 is 19.1 Å². The molecule has 1 aliphatic carbocycles. The number of nitriles is 1. The number of fused-ring (bicyclic) bond motifs is 2. The molecule has 1 saturated carbocycles. The van der Waals surface area contributed by atoms with Gasteiger partial charge in [0.2, 0.25) is 11.3 Å². The van der Waals surface area contributed by atoms with Gasteiger partial charge in [-0.1, -0.05) is 0 Å². The van der Waals surface area contributed by atoms with Crippen LogP contribution < -0.4 is 16.1 Å². The second kappa shape index (κ2) is 8.09. The molecule has 1 aromatic heterocycles. The molecule has 0 bridgehead atoms. The molecule has 0 unspecified atom stereocenters. The Hall–Kier alpha value is -3.45. The maximum atomic E-state index is 15.6. The van der Waals surface area contributed by atoms with Gasteiger partial charge in [-0.3, -0.25) is 9.59 Å². The second-order valence-corrected chi connectivity index (χ2v) is 9.60. The van der Waals surface area contributed by atoms with Crippen molar-refractivity contribution >= 4 is 28.5 Å². The Kier molecular flexibility index (Phi) is 5.32. The first-order valence-electron chi connectivity index (χ1n) is 11.6. The summed E-state index contributed by atoms with van der Waals surface area (Å²) in [6.45, 7) is 3.09. The lowest BCUT2D eigenvalue weighted by Crippen LogP contribution is -2.53. The predicted octanol–water partition coefficient (Wildman–Crippen LogP) is 1.82. The van der Waals surface area contributed by atoms with Gasteiger partial charge in [-0.15, -0.1) is 0 Å². The van der Waals surface area contributed by atoms with Crippen LogP contribution in [0.4, 0.5) is 10.1 Å². The van der Waals surface area contributed by atoms with Gasteiger partial charge in [0, 0.05) is 31.9 Å². The van der Waals surface area contributed by atoms with Crippen LogP contribution >= 0.6 is 0 Å². The molecule has 2 saturated heterocycles. The number of rotatable bonds is 4. The van der Waals surface area contributed by atoms with E-state index < -0.39 is 28.8 Å². The zero-order valence-electron chi connectivity index (χ0n) is 18.8. The van der Waals surface area contributed by atoms with Gasteiger partial charge in [0.05, 0.1) is 28.7 Å². The third-order valence-electron chi connectivity index (χ3n) is 7.29. The lowest BCUT2D eigenvalue weighted by atomic mass is 9.91. The maximum Gasteiger partial charge on any atom is 0.341 e. The average molecular weight is 468 g/mol. The van der Waals surface area contributed by atoms with Gasteiger partial charge in [0.15, 0.2) is 0 Å². The summed E-state index contributed by atoms with van der Waals surface area (Å²) in [5.41, 5.74) is 5.01. The molecular weight excluding hydrogens is 441 g/mol. The van der Waals surface area contributed by atoms with Gasteiger partial charge >= 0.3 is 5.97 Å². The third-order valence-corrected chi connectivity index (χ3v) is 7.29. The van der Waals surface area contributed by atoms with Crippen molar-refractivity contribution in [1.29, 1.82) is 5.26 Å². The average Bonchev–Trinajstić information content (AvgIpc) is 3.55. The standard InChI is InChI=1S/C24H26FN5O4/c1-12(27)23(32)29-6-2-3-13-9-28(11-19(13)29)21-16(8-26)20-15(7-18(21)25)22(31)17(24(33)34)10-30(20)14-4-5-14/h7,10,12-14,19H,2-6,9,11,27H2,1H3,(H,33,34)/t12-,13-,19+/m0/s1. The SMILES string of the molecule is C[C@H](N)C(=O)N1CCC[C@H]2CN(c3c(F)cc4c(=O)c(C(=O)O)cn(C5CC5)c4c3C#N)C[C@H]21. The fourth-order valence-electron chi connectivity index (χ4n) is 5.58. The summed E-state index contributed by atoms with van der Waals surface area (Å²) in [6, 6.07) is 2.37. The number of carbonyl (C=O) groups is 2. The minimum atomic E-state index is -1.38. The molecule has 2 aromatic rings. The lowest BCUT2D eigenvalue weighted by Gasteiger charge is -2.37. The largest absolute Gasteiger partial charge is 0.477 e. The highest BCUT2D eigenvalue weighted by atomic mass is 19.1. The number of likely N-dealkylation sites (tertiary alicyclic amines) is 1. The van der Waals surface area contributed by atoms with E-state index in [0.717, 1.165) is 31.7 Å². The van der Waals surface area contributed by atoms with Gasteiger partial charge in [-0.25, -0.2) is 9.18 Å². The van der Waals surface area contributed by atoms with Gasteiger partial charge in [-0.05, 0) is 44.6 Å². The topological polar surface area (TPSA) is 133 Å². The van der Waals surface area contributed by atoms with Gasteiger partial charge in [-0.2, -0.15) is 5.26 Å². The molecule has 1 amide bonds. The molecule has 0 radical (unpaired) electrons. The third kappa shape index (κ3) is 3.42. The quantitative estimate of drug-likeness (QED) is 0.701. The first-order valence-corrected chi connectivity index (χ1v) is 11.6. The smallest absolute Gasteiger partial charge is 0.341 e. The number of halogens is 1. The molecule has 5 rings (SSSR count). The number of aromatic carboxylic acids is 1. The molecule has 9 nitrogen and oxygen atoms in total. The minimum absolute atomic E-state index is 0.0275. The number of anilines is 1. The van der Waals surface area contributed by atoms with Crippen molar-refractivity contribution in [1.82, 2.24) is 9.47 Å². The molecule has 2 aliphatic heterocycles. The summed E-state index contributed by atoms with van der Waals surface area (Å²) in [5.74, 6) is -2.14. The zero-order valence-corrected chi connectivity index (χ0v) is 18.8. The number of carboxylic acids is 1. The molecule has 3 N–H and O–H groups in total. The first kappa shape index (κ1) is 22.3. The Labute approximate surface area is 195 Å². The van der Waals surface area contributed by atoms with Crippen LogP contribution in [0.1, 0.15) is 54.6 Å². The summed E-state index contributed by atoms with van der Waals surface area (Å²) in [7, 11) is 0. The Balaban J connectivity index is 1.65. The van der Waals surface area contributed by atoms with E-state index in [1.54, 1.807) is 21.3 Å². The van der Waals surface area contributed by atoms with Crippen molar-refractivity contribution in [3.05, 3.63) is 39.4 Å². The number of hydrogen-bond donors (Lipinski definition) is 2. The fraction of sp³-hybridized carbons (Fsp3) is 0.500. The van der Waals surface area contributed by atoms with E-state index >= 15 is 4.39 Å². The number of nitrogens with two attached hydrogens (primary N) is 1. The fourth-order valence-corrected chi connectivity index (χ4v) is 5.58. The molecule has 3 aliphatic rings. The van der Waals surface area contributed by atoms with E-state index in [9.17, 15) is 24.8 Å². The Bertz CT molecular complexity index is 1310. The van der Waals surface area contributed by atoms with Crippen molar-refractivity contribution in [2.75, 3.05) is 24.5 Å². The normalized spacial score (nSPS) is 23.0. The summed E-state index contributed by atoms with van der Waals surface area (Å²) < 4.78 is 17.2. The van der Waals surface area contributed by atoms with Crippen molar-refractivity contribution in [2.45, 2.75) is 50.7 Å². The van der Waals surface area contributed by atoms with Crippen LogP contribution in [0.2, 0.25) is 0 Å². The summed E-state index contributed by atoms with van der Waals surface area (Å²) in [5, 5.41) is 19.5. The minimum Gasteiger partial charge on any atom is -0.477 e. The molecule has 3 heterocycles. The molecular formula is C24H26FN5O4. The molecule has 178 valence electrons. The van der Waals surface area contributed by atoms with E-state index in [1.807, 2.05) is 0 Å². The van der Waals surface area contributed by atoms with Gasteiger partial charge in [0.1, 0.15) is 23.0 Å². The number of carboxylic acid groups (broad SMARTS) is 1. The number of amides is 1. The predicted molar refractivity (Wildman–Crippen MR) is 122 cm³/mol. The Morgan fingerprint density at radius 1 is 1.29 bits per heavy atom. The summed E-state index contributed by atoms with van der Waals surface area (Å²) in [4.78, 5) is 40.7. The van der Waals surface area contributed by atoms with Crippen molar-refractivity contribution in [3.8, 4) is 6.07 Å². The van der Waals surface area contributed by atoms with Crippen LogP contribution in [0.3, 0.4) is 0 Å². The second-order valence-electron chi connectivity index (χ2n) is 9.60. The molecule has 10 heteroatoms. The van der Waals surface area contributed by atoms with E-state index in [1.165, 1.54) is 6.20 Å². The van der Waals surface area contributed by atoms with Gasteiger partial charge < -0.3 is 25.2 Å². The number of aromatic nitrogens is 1. The van der Waals surface area contributed by atoms with E-state index in [4.69, 9.17) is 5.73 Å². The van der Waals surface area contributed by atoms with Crippen molar-refractivity contribution in [2.24, 2.45) is 11.7 Å². The number of nitrogens with zero attached hydrogens (tertiary/aromatic N) is 4. The molecule has 0 spiro atoms. The highest BCUT2D eigenvalue weighted by Gasteiger charge is 2.43. The number of piperidine rings is 1. The number of carbonyl (C=O) groups excluding carboxylic acids is 1. The Morgan fingerprint density at radius 3 is 2.65 bits per heavy atom. The number of pyridine rings is 1. The van der Waals surface area contributed by atoms with E-state index in [2.05, 4.69) is 6.07 Å². The molecule has 3 fully saturated rings. The van der Waals surface area contributed by atoms with Crippen LogP contribution in [-0.2, 0) is 4.79 Å². The van der Waals surface area contributed by atoms with Crippen LogP contribution in [0, 0.1) is 23.1 Å². The van der Waals surface area contributed by atoms with Crippen LogP contribution in [0.25, 0.3) is 10.9 Å². The van der Waals surface area contributed by atoms with Gasteiger partial charge in [0.25, 0.3) is 0 Å². The lowest BCUT2D eigenvalue weighted by molar-refractivity contribution is -0.136. The molecule has 34 heavy (non-hydrogen) atoms. The van der Waals surface area contributed by atoms with E-state index in [-0.39, 0.29) is 46.1 Å². The summed E-state index contributed by atoms with van der Waals surface area (Å²) in [6.07, 6.45) is 4.57. The highest BCUT2D eigenvalue weighted by Crippen LogP contribution is 2.42. The van der Waals surface area contributed by atoms with E-state index in [0.29, 0.717) is 19.6 Å². The maximum absolute atomic E-state index is 15.6. The zero-order chi connectivity index (χ0) is 24.3. The highest BCUT2D eigenvalue weighted by molar-refractivity contribution is 5.96. The summed E-state index contributed by atoms with van der Waals surface area (Å²) >= 11 is 0. The first-order chi connectivity index (χ1) is 16.2. The number of benzene rings is 1. The van der Waals surface area contributed by atoms with Crippen LogP contribution in [-0.4, -0.2) is 58.2 Å².